The third kappa shape index (κ3) is 2.88. The van der Waals surface area contributed by atoms with E-state index in [9.17, 15) is 4.91 Å². The second-order valence-electron chi connectivity index (χ2n) is 13.3. The smallest absolute Gasteiger partial charge is 0.171 e. The van der Waals surface area contributed by atoms with Crippen LogP contribution in [0.25, 0.3) is 0 Å². The maximum atomic E-state index is 10.7. The molecule has 0 aromatic rings. The quantitative estimate of drug-likeness (QED) is 0.360. The van der Waals surface area contributed by atoms with E-state index in [2.05, 4.69) is 33.0 Å². The van der Waals surface area contributed by atoms with Crippen molar-refractivity contribution in [3.63, 3.8) is 0 Å². The highest BCUT2D eigenvalue weighted by Crippen LogP contribution is 2.71. The zero-order valence-corrected chi connectivity index (χ0v) is 20.6. The van der Waals surface area contributed by atoms with Crippen molar-refractivity contribution in [2.24, 2.45) is 57.6 Å². The summed E-state index contributed by atoms with van der Waals surface area (Å²) in [4.78, 5) is 15.8. The van der Waals surface area contributed by atoms with Crippen LogP contribution in [0.15, 0.2) is 5.34 Å². The summed E-state index contributed by atoms with van der Waals surface area (Å²) < 4.78 is 13.4. The molecule has 0 N–H and O–H groups in total. The van der Waals surface area contributed by atoms with Crippen LogP contribution in [0.4, 0.5) is 0 Å². The molecule has 6 fully saturated rings. The SMILES string of the molecule is C[C@H]1CC[C@@]2(OC1)O[C@H]1C[C@H]3[C@@H]4CC[C@H]5C[C@@H](ON=O)CC[C@]5(C)[C@H]4CC[C@]3(C)[C@H]1[C@@H]2C. The Labute approximate surface area is 193 Å². The van der Waals surface area contributed by atoms with Gasteiger partial charge in [0.1, 0.15) is 6.10 Å². The normalized spacial score (nSPS) is 59.1. The number of hydrogen-bond donors (Lipinski definition) is 0. The standard InChI is InChI=1S/C27H43NO4/c1-16-7-12-27(30-15-16)17(2)24-23(31-27)14-22-20-6-5-18-13-19(32-28-29)8-10-25(18,3)21(20)9-11-26(22,24)4/h16-24H,5-15H2,1-4H3/t16-,17-,18-,19-,20+,21-,22-,23-,24-,25-,26-,27+/m0/s1. The Kier molecular flexibility index (Phi) is 5.05. The molecule has 12 atom stereocenters. The molecule has 0 amide bonds. The van der Waals surface area contributed by atoms with Crippen LogP contribution in [0.5, 0.6) is 0 Å². The zero-order chi connectivity index (χ0) is 22.3. The van der Waals surface area contributed by atoms with E-state index in [1.165, 1.54) is 44.9 Å². The molecule has 2 saturated heterocycles. The summed E-state index contributed by atoms with van der Waals surface area (Å²) in [6.45, 7) is 10.8. The molecular weight excluding hydrogens is 402 g/mol. The monoisotopic (exact) mass is 445 g/mol. The van der Waals surface area contributed by atoms with E-state index in [-0.39, 0.29) is 11.9 Å². The summed E-state index contributed by atoms with van der Waals surface area (Å²) in [5.41, 5.74) is 0.799. The summed E-state index contributed by atoms with van der Waals surface area (Å²) >= 11 is 0. The maximum Gasteiger partial charge on any atom is 0.171 e. The van der Waals surface area contributed by atoms with Gasteiger partial charge in [0.05, 0.1) is 12.7 Å². The molecule has 6 rings (SSSR count). The Morgan fingerprint density at radius 3 is 2.47 bits per heavy atom. The van der Waals surface area contributed by atoms with E-state index in [4.69, 9.17) is 14.3 Å². The van der Waals surface area contributed by atoms with Crippen molar-refractivity contribution < 1.29 is 14.3 Å². The van der Waals surface area contributed by atoms with Gasteiger partial charge in [-0.25, -0.2) is 0 Å². The van der Waals surface area contributed by atoms with E-state index in [0.29, 0.717) is 40.6 Å². The third-order valence-corrected chi connectivity index (χ3v) is 12.1. The van der Waals surface area contributed by atoms with Crippen LogP contribution in [0.2, 0.25) is 0 Å². The average Bonchev–Trinajstić information content (AvgIpc) is 3.21. The van der Waals surface area contributed by atoms with Gasteiger partial charge in [-0.1, -0.05) is 27.7 Å². The van der Waals surface area contributed by atoms with E-state index >= 15 is 0 Å². The molecule has 0 unspecified atom stereocenters. The van der Waals surface area contributed by atoms with Crippen LogP contribution in [-0.4, -0.2) is 24.6 Å². The van der Waals surface area contributed by atoms with Crippen LogP contribution in [-0.2, 0) is 14.3 Å². The number of ether oxygens (including phenoxy) is 2. The van der Waals surface area contributed by atoms with Crippen molar-refractivity contribution in [1.82, 2.24) is 0 Å². The molecule has 4 aliphatic carbocycles. The molecule has 32 heavy (non-hydrogen) atoms. The molecule has 5 nitrogen and oxygen atoms in total. The molecule has 5 heteroatoms. The highest BCUT2D eigenvalue weighted by atomic mass is 16.7. The lowest BCUT2D eigenvalue weighted by molar-refractivity contribution is -0.273. The Hall–Kier alpha value is -0.680. The van der Waals surface area contributed by atoms with Gasteiger partial charge in [0.15, 0.2) is 11.1 Å². The highest BCUT2D eigenvalue weighted by molar-refractivity contribution is 5.15. The molecule has 0 radical (unpaired) electrons. The zero-order valence-electron chi connectivity index (χ0n) is 20.6. The first-order valence-corrected chi connectivity index (χ1v) is 13.6. The van der Waals surface area contributed by atoms with Gasteiger partial charge in [-0.3, -0.25) is 0 Å². The van der Waals surface area contributed by atoms with Gasteiger partial charge < -0.3 is 14.3 Å². The average molecular weight is 446 g/mol. The lowest BCUT2D eigenvalue weighted by atomic mass is 9.44. The minimum atomic E-state index is -0.304. The van der Waals surface area contributed by atoms with Gasteiger partial charge in [0, 0.05) is 12.3 Å². The van der Waals surface area contributed by atoms with E-state index in [1.54, 1.807) is 0 Å². The second-order valence-corrected chi connectivity index (χ2v) is 13.3. The molecule has 2 aliphatic heterocycles. The fourth-order valence-corrected chi connectivity index (χ4v) is 10.4. The van der Waals surface area contributed by atoms with Gasteiger partial charge in [0.2, 0.25) is 0 Å². The Morgan fingerprint density at radius 1 is 0.906 bits per heavy atom. The minimum Gasteiger partial charge on any atom is -0.361 e. The van der Waals surface area contributed by atoms with Gasteiger partial charge in [0.25, 0.3) is 0 Å². The van der Waals surface area contributed by atoms with Crippen LogP contribution >= 0.6 is 0 Å². The number of fused-ring (bicyclic) bond motifs is 7. The summed E-state index contributed by atoms with van der Waals surface area (Å²) in [5.74, 6) is 4.64. The van der Waals surface area contributed by atoms with Gasteiger partial charge >= 0.3 is 0 Å². The van der Waals surface area contributed by atoms with Crippen molar-refractivity contribution in [1.29, 1.82) is 0 Å². The number of hydrogen-bond acceptors (Lipinski definition) is 5. The van der Waals surface area contributed by atoms with Crippen molar-refractivity contribution in [2.75, 3.05) is 6.61 Å². The minimum absolute atomic E-state index is 0.0467. The Morgan fingerprint density at radius 2 is 1.72 bits per heavy atom. The number of rotatable bonds is 2. The number of nitrogens with zero attached hydrogens (tertiary/aromatic N) is 1. The predicted octanol–water partition coefficient (Wildman–Crippen LogP) is 6.50. The second kappa shape index (κ2) is 7.41. The molecular formula is C27H43NO4. The van der Waals surface area contributed by atoms with Crippen LogP contribution in [0, 0.1) is 57.2 Å². The van der Waals surface area contributed by atoms with E-state index in [1.807, 2.05) is 0 Å². The molecule has 2 heterocycles. The van der Waals surface area contributed by atoms with Gasteiger partial charge in [-0.15, -0.1) is 4.91 Å². The summed E-state index contributed by atoms with van der Waals surface area (Å²) in [5, 5.41) is 2.76. The lowest BCUT2D eigenvalue weighted by Crippen LogP contribution is -2.55. The molecule has 1 spiro atoms. The van der Waals surface area contributed by atoms with Crippen molar-refractivity contribution >= 4 is 0 Å². The largest absolute Gasteiger partial charge is 0.361 e. The van der Waals surface area contributed by atoms with Crippen molar-refractivity contribution in [3.05, 3.63) is 4.91 Å². The maximum absolute atomic E-state index is 10.7. The van der Waals surface area contributed by atoms with Crippen molar-refractivity contribution in [3.8, 4) is 0 Å². The molecule has 0 aromatic heterocycles. The molecule has 0 bridgehead atoms. The summed E-state index contributed by atoms with van der Waals surface area (Å²) in [7, 11) is 0. The highest BCUT2D eigenvalue weighted by Gasteiger charge is 2.69. The summed E-state index contributed by atoms with van der Waals surface area (Å²) in [6, 6.07) is 0. The van der Waals surface area contributed by atoms with Crippen LogP contribution < -0.4 is 0 Å². The van der Waals surface area contributed by atoms with Crippen LogP contribution in [0.1, 0.15) is 91.9 Å². The van der Waals surface area contributed by atoms with Crippen molar-refractivity contribution in [2.45, 2.75) is 110 Å². The van der Waals surface area contributed by atoms with Gasteiger partial charge in [-0.05, 0) is 104 Å². The fourth-order valence-electron chi connectivity index (χ4n) is 10.4. The molecule has 4 saturated carbocycles. The summed E-state index contributed by atoms with van der Waals surface area (Å²) in [6.07, 6.45) is 12.6. The first-order valence-electron chi connectivity index (χ1n) is 13.6. The Balaban J connectivity index is 1.22. The van der Waals surface area contributed by atoms with E-state index in [0.717, 1.165) is 43.6 Å². The third-order valence-electron chi connectivity index (χ3n) is 12.1. The Bertz CT molecular complexity index is 750. The molecule has 6 aliphatic rings. The first kappa shape index (κ1) is 21.8. The molecule has 0 aromatic carbocycles. The lowest BCUT2D eigenvalue weighted by Gasteiger charge is -2.61. The van der Waals surface area contributed by atoms with E-state index < -0.39 is 0 Å². The van der Waals surface area contributed by atoms with Crippen LogP contribution in [0.3, 0.4) is 0 Å². The first-order chi connectivity index (χ1) is 15.3. The predicted molar refractivity (Wildman–Crippen MR) is 122 cm³/mol. The fraction of sp³-hybridized carbons (Fsp3) is 1.00. The van der Waals surface area contributed by atoms with Gasteiger partial charge in [-0.2, -0.15) is 0 Å². The molecule has 180 valence electrons. The topological polar surface area (TPSA) is 57.1 Å².